The van der Waals surface area contributed by atoms with Gasteiger partial charge in [0, 0.05) is 19.3 Å². The average Bonchev–Trinajstić information content (AvgIpc) is 3.47. The summed E-state index contributed by atoms with van der Waals surface area (Å²) in [6.45, 7) is 3.03. The lowest BCUT2D eigenvalue weighted by Crippen LogP contribution is -2.28. The van der Waals surface area contributed by atoms with Gasteiger partial charge in [0.05, 0.1) is 39.2 Å². The third-order valence-corrected chi connectivity index (χ3v) is 6.99. The lowest BCUT2D eigenvalue weighted by atomic mass is 10.2. The van der Waals surface area contributed by atoms with E-state index in [-0.39, 0.29) is 34.8 Å². The molecule has 0 radical (unpaired) electrons. The fourth-order valence-electron chi connectivity index (χ4n) is 3.75. The van der Waals surface area contributed by atoms with E-state index >= 15 is 0 Å². The maximum absolute atomic E-state index is 13.5. The minimum Gasteiger partial charge on any atom is -0.366 e. The summed E-state index contributed by atoms with van der Waals surface area (Å²) >= 11 is 0. The van der Waals surface area contributed by atoms with Crippen LogP contribution in [0.5, 0.6) is 0 Å². The van der Waals surface area contributed by atoms with Crippen LogP contribution in [0.15, 0.2) is 28.0 Å². The second-order valence-electron chi connectivity index (χ2n) is 7.83. The number of anilines is 1. The summed E-state index contributed by atoms with van der Waals surface area (Å²) in [5.41, 5.74) is -1.95. The third kappa shape index (κ3) is 3.90. The summed E-state index contributed by atoms with van der Waals surface area (Å²) in [6, 6.07) is 4.67. The van der Waals surface area contributed by atoms with Crippen molar-refractivity contribution in [2.24, 2.45) is 7.05 Å². The Labute approximate surface area is 189 Å². The van der Waals surface area contributed by atoms with Gasteiger partial charge in [-0.25, -0.2) is 9.97 Å². The Balaban J connectivity index is 1.92. The highest BCUT2D eigenvalue weighted by Gasteiger charge is 2.43. The fraction of sp³-hybridized carbons (Fsp3) is 0.429. The number of alkyl halides is 3. The molecule has 3 aromatic rings. The molecule has 174 valence electrons. The maximum atomic E-state index is 13.5. The first kappa shape index (κ1) is 23.0. The molecule has 3 aromatic heterocycles. The predicted molar refractivity (Wildman–Crippen MR) is 117 cm³/mol. The first-order valence-electron chi connectivity index (χ1n) is 10.3. The molecule has 0 spiro atoms. The number of nitrogens with one attached hydrogen (secondary N) is 1. The number of nitriles is 1. The highest BCUT2D eigenvalue weighted by Crippen LogP contribution is 2.39. The topological polar surface area (TPSA) is 106 Å². The number of aromatic nitrogens is 4. The first-order chi connectivity index (χ1) is 15.5. The van der Waals surface area contributed by atoms with Crippen molar-refractivity contribution < 1.29 is 17.4 Å². The van der Waals surface area contributed by atoms with Gasteiger partial charge in [0.15, 0.2) is 5.82 Å². The van der Waals surface area contributed by atoms with E-state index in [1.165, 1.54) is 24.7 Å². The second kappa shape index (κ2) is 7.98. The molecule has 3 heterocycles. The Morgan fingerprint density at radius 1 is 1.30 bits per heavy atom. The Kier molecular flexibility index (Phi) is 5.56. The first-order valence-corrected chi connectivity index (χ1v) is 11.6. The molecular weight excluding hydrogens is 457 g/mol. The molecule has 1 aliphatic rings. The van der Waals surface area contributed by atoms with Crippen molar-refractivity contribution in [3.63, 3.8) is 0 Å². The molecule has 1 saturated carbocycles. The predicted octanol–water partition coefficient (Wildman–Crippen LogP) is 3.43. The van der Waals surface area contributed by atoms with Gasteiger partial charge in [-0.1, -0.05) is 6.92 Å². The van der Waals surface area contributed by atoms with Gasteiger partial charge in [-0.3, -0.25) is 9.00 Å². The molecule has 12 heteroatoms. The van der Waals surface area contributed by atoms with Gasteiger partial charge in [-0.15, -0.1) is 0 Å². The minimum atomic E-state index is -4.72. The van der Waals surface area contributed by atoms with Crippen LogP contribution >= 0.6 is 0 Å². The van der Waals surface area contributed by atoms with Crippen LogP contribution in [-0.2, 0) is 30.6 Å². The van der Waals surface area contributed by atoms with Crippen molar-refractivity contribution in [3.8, 4) is 17.6 Å². The van der Waals surface area contributed by atoms with E-state index < -0.39 is 33.8 Å². The standard InChI is InChI=1S/C21H21F3N6O2S/c1-4-30-15(21(22,23)24)9-13-17(19(30)31)29(3)18(27-13)16-14(33(32)5-2)8-12(10-26-16)28-20(11-25)6-7-20/h8-10,28H,4-7H2,1-3H3. The van der Waals surface area contributed by atoms with Gasteiger partial charge in [0.1, 0.15) is 22.4 Å². The van der Waals surface area contributed by atoms with E-state index in [2.05, 4.69) is 21.4 Å². The number of rotatable bonds is 6. The summed E-state index contributed by atoms with van der Waals surface area (Å²) < 4.78 is 55.4. The summed E-state index contributed by atoms with van der Waals surface area (Å²) in [5.74, 6) is 0.403. The molecule has 4 rings (SSSR count). The Morgan fingerprint density at radius 3 is 2.55 bits per heavy atom. The molecule has 33 heavy (non-hydrogen) atoms. The molecule has 1 fully saturated rings. The van der Waals surface area contributed by atoms with E-state index in [4.69, 9.17) is 0 Å². The minimum absolute atomic E-state index is 0.00139. The van der Waals surface area contributed by atoms with Gasteiger partial charge < -0.3 is 14.5 Å². The largest absolute Gasteiger partial charge is 0.431 e. The van der Waals surface area contributed by atoms with Crippen LogP contribution in [0.1, 0.15) is 32.4 Å². The van der Waals surface area contributed by atoms with E-state index in [9.17, 15) is 27.4 Å². The molecule has 8 nitrogen and oxygen atoms in total. The van der Waals surface area contributed by atoms with Crippen LogP contribution in [-0.4, -0.2) is 34.6 Å². The summed E-state index contributed by atoms with van der Waals surface area (Å²) in [7, 11) is 0.0301. The molecule has 1 N–H and O–H groups in total. The van der Waals surface area contributed by atoms with Crippen molar-refractivity contribution in [1.29, 1.82) is 5.26 Å². The zero-order chi connectivity index (χ0) is 24.1. The van der Waals surface area contributed by atoms with Crippen LogP contribution in [0.25, 0.3) is 22.6 Å². The Hall–Kier alpha value is -3.20. The molecule has 1 atom stereocenters. The zero-order valence-corrected chi connectivity index (χ0v) is 19.0. The average molecular weight is 479 g/mol. The van der Waals surface area contributed by atoms with Crippen molar-refractivity contribution in [2.75, 3.05) is 11.1 Å². The smallest absolute Gasteiger partial charge is 0.366 e. The van der Waals surface area contributed by atoms with Crippen LogP contribution in [0.3, 0.4) is 0 Å². The number of fused-ring (bicyclic) bond motifs is 1. The molecule has 0 aliphatic heterocycles. The van der Waals surface area contributed by atoms with Gasteiger partial charge in [-0.05, 0) is 31.9 Å². The van der Waals surface area contributed by atoms with Crippen LogP contribution in [0.2, 0.25) is 0 Å². The fourth-order valence-corrected chi connectivity index (χ4v) is 4.68. The van der Waals surface area contributed by atoms with E-state index in [1.807, 2.05) is 0 Å². The van der Waals surface area contributed by atoms with Crippen molar-refractivity contribution in [2.45, 2.75) is 49.8 Å². The normalized spacial score (nSPS) is 15.9. The molecule has 1 unspecified atom stereocenters. The molecular formula is C21H21F3N6O2S. The van der Waals surface area contributed by atoms with Crippen LogP contribution < -0.4 is 10.9 Å². The number of aryl methyl sites for hydroxylation is 1. The van der Waals surface area contributed by atoms with Gasteiger partial charge >= 0.3 is 6.18 Å². The number of nitrogens with zero attached hydrogens (tertiary/aromatic N) is 5. The quantitative estimate of drug-likeness (QED) is 0.582. The summed E-state index contributed by atoms with van der Waals surface area (Å²) in [6.07, 6.45) is -1.88. The Bertz CT molecular complexity index is 1380. The highest BCUT2D eigenvalue weighted by atomic mass is 32.2. The number of halogens is 3. The molecule has 0 amide bonds. The Morgan fingerprint density at radius 2 is 2.00 bits per heavy atom. The number of hydrogen-bond acceptors (Lipinski definition) is 6. The maximum Gasteiger partial charge on any atom is 0.431 e. The van der Waals surface area contributed by atoms with Gasteiger partial charge in [-0.2, -0.15) is 18.4 Å². The summed E-state index contributed by atoms with van der Waals surface area (Å²) in [5, 5.41) is 12.4. The van der Waals surface area contributed by atoms with Crippen molar-refractivity contribution in [3.05, 3.63) is 34.4 Å². The van der Waals surface area contributed by atoms with E-state index in [1.54, 1.807) is 13.0 Å². The third-order valence-electron chi connectivity index (χ3n) is 5.66. The number of pyridine rings is 2. The van der Waals surface area contributed by atoms with E-state index in [0.29, 0.717) is 28.0 Å². The number of imidazole rings is 1. The lowest BCUT2D eigenvalue weighted by molar-refractivity contribution is -0.144. The molecule has 0 aromatic carbocycles. The van der Waals surface area contributed by atoms with Crippen LogP contribution in [0, 0.1) is 11.3 Å². The van der Waals surface area contributed by atoms with Crippen molar-refractivity contribution in [1.82, 2.24) is 19.1 Å². The van der Waals surface area contributed by atoms with Gasteiger partial charge in [0.2, 0.25) is 0 Å². The zero-order valence-electron chi connectivity index (χ0n) is 18.2. The molecule has 0 bridgehead atoms. The van der Waals surface area contributed by atoms with E-state index in [0.717, 1.165) is 6.07 Å². The monoisotopic (exact) mass is 478 g/mol. The summed E-state index contributed by atoms with van der Waals surface area (Å²) in [4.78, 5) is 21.9. The van der Waals surface area contributed by atoms with Crippen molar-refractivity contribution >= 4 is 27.5 Å². The van der Waals surface area contributed by atoms with Crippen LogP contribution in [0.4, 0.5) is 18.9 Å². The highest BCUT2D eigenvalue weighted by molar-refractivity contribution is 7.85. The van der Waals surface area contributed by atoms with Gasteiger partial charge in [0.25, 0.3) is 5.56 Å². The molecule has 1 aliphatic carbocycles. The molecule has 0 saturated heterocycles. The SMILES string of the molecule is CCn1c(C(F)(F)F)cc2nc(-c3ncc(NC4(C#N)CC4)cc3S(=O)CC)n(C)c2c1=O. The second-order valence-corrected chi connectivity index (χ2v) is 9.54. The lowest BCUT2D eigenvalue weighted by Gasteiger charge is -2.14. The number of hydrogen-bond donors (Lipinski definition) is 1.